The Kier molecular flexibility index (Phi) is 7.42. The number of anilines is 1. The van der Waals surface area contributed by atoms with Gasteiger partial charge in [0.15, 0.2) is 5.65 Å². The molecule has 0 atom stereocenters. The summed E-state index contributed by atoms with van der Waals surface area (Å²) in [5.74, 6) is 0.0553. The van der Waals surface area contributed by atoms with Crippen molar-refractivity contribution in [1.29, 1.82) is 0 Å². The number of fused-ring (bicyclic) bond motifs is 1. The van der Waals surface area contributed by atoms with Gasteiger partial charge in [-0.1, -0.05) is 25.4 Å². The standard InChI is InChI=1S/C26H29F6N9/c1-15(2)33-14-24(5-4-6-24)21-18(9-17-11-34-36-22(17)35-21)13-41(23-37-39-40(3)38-23)12-16-7-19(25(27,28)29)10-20(8-16)26(30,31)32/h7-11,15,33H,4-6,12-14H2,1-3H3,(H,34,35,36). The zero-order valence-corrected chi connectivity index (χ0v) is 22.6. The Morgan fingerprint density at radius 2 is 1.71 bits per heavy atom. The number of nitrogens with zero attached hydrogens (tertiary/aromatic N) is 7. The van der Waals surface area contributed by atoms with Crippen molar-refractivity contribution in [3.05, 3.63) is 58.4 Å². The molecule has 1 aromatic carbocycles. The highest BCUT2D eigenvalue weighted by atomic mass is 19.4. The number of alkyl halides is 6. The molecule has 0 aliphatic heterocycles. The monoisotopic (exact) mass is 581 g/mol. The van der Waals surface area contributed by atoms with Crippen molar-refractivity contribution in [2.75, 3.05) is 11.4 Å². The number of hydrogen-bond donors (Lipinski definition) is 2. The average Bonchev–Trinajstić information content (AvgIpc) is 3.50. The van der Waals surface area contributed by atoms with Crippen LogP contribution in [-0.4, -0.2) is 48.0 Å². The topological polar surface area (TPSA) is 100 Å². The van der Waals surface area contributed by atoms with Gasteiger partial charge in [-0.15, -0.1) is 5.10 Å². The lowest BCUT2D eigenvalue weighted by Crippen LogP contribution is -2.47. The van der Waals surface area contributed by atoms with E-state index in [4.69, 9.17) is 4.98 Å². The van der Waals surface area contributed by atoms with Crippen LogP contribution in [0, 0.1) is 0 Å². The van der Waals surface area contributed by atoms with Crippen LogP contribution in [0.2, 0.25) is 0 Å². The SMILES string of the molecule is CC(C)NCC1(c2nc3[nH]ncc3cc2CN(Cc2cc(C(F)(F)F)cc(C(F)(F)F)c2)c2nnn(C)n2)CCC1. The number of aromatic nitrogens is 7. The second-order valence-electron chi connectivity index (χ2n) is 10.8. The van der Waals surface area contributed by atoms with E-state index in [1.807, 2.05) is 19.9 Å². The highest BCUT2D eigenvalue weighted by Gasteiger charge is 2.42. The molecule has 41 heavy (non-hydrogen) atoms. The molecule has 0 bridgehead atoms. The molecule has 15 heteroatoms. The smallest absolute Gasteiger partial charge is 0.329 e. The molecule has 1 fully saturated rings. The lowest BCUT2D eigenvalue weighted by molar-refractivity contribution is -0.143. The number of halogens is 6. The van der Waals surface area contributed by atoms with Gasteiger partial charge in [-0.2, -0.15) is 36.2 Å². The van der Waals surface area contributed by atoms with Gasteiger partial charge in [0.1, 0.15) is 0 Å². The van der Waals surface area contributed by atoms with E-state index in [2.05, 4.69) is 30.9 Å². The van der Waals surface area contributed by atoms with E-state index in [1.165, 1.54) is 16.7 Å². The molecule has 2 N–H and O–H groups in total. The minimum atomic E-state index is -4.96. The molecular weight excluding hydrogens is 552 g/mol. The van der Waals surface area contributed by atoms with Crippen molar-refractivity contribution in [2.24, 2.45) is 7.05 Å². The van der Waals surface area contributed by atoms with Gasteiger partial charge in [0.05, 0.1) is 30.1 Å². The van der Waals surface area contributed by atoms with Crippen LogP contribution in [0.5, 0.6) is 0 Å². The molecule has 1 saturated carbocycles. The number of benzene rings is 1. The van der Waals surface area contributed by atoms with E-state index < -0.39 is 23.5 Å². The van der Waals surface area contributed by atoms with E-state index in [0.717, 1.165) is 48.0 Å². The summed E-state index contributed by atoms with van der Waals surface area (Å²) in [5, 5.41) is 23.3. The summed E-state index contributed by atoms with van der Waals surface area (Å²) >= 11 is 0. The first-order valence-corrected chi connectivity index (χ1v) is 13.1. The largest absolute Gasteiger partial charge is 0.416 e. The van der Waals surface area contributed by atoms with Crippen LogP contribution in [0.1, 0.15) is 61.1 Å². The molecule has 5 rings (SSSR count). The molecule has 0 unspecified atom stereocenters. The summed E-state index contributed by atoms with van der Waals surface area (Å²) in [4.78, 5) is 7.60. The third-order valence-corrected chi connectivity index (χ3v) is 7.33. The molecular formula is C26H29F6N9. The number of pyridine rings is 1. The highest BCUT2D eigenvalue weighted by Crippen LogP contribution is 2.45. The van der Waals surface area contributed by atoms with Crippen LogP contribution in [-0.2, 0) is 37.9 Å². The Balaban J connectivity index is 1.58. The van der Waals surface area contributed by atoms with Crippen LogP contribution in [0.15, 0.2) is 30.5 Å². The minimum Gasteiger partial charge on any atom is -0.329 e. The van der Waals surface area contributed by atoms with Crippen LogP contribution < -0.4 is 10.2 Å². The first-order valence-electron chi connectivity index (χ1n) is 13.1. The van der Waals surface area contributed by atoms with Crippen molar-refractivity contribution in [2.45, 2.75) is 70.0 Å². The molecule has 3 aromatic heterocycles. The Morgan fingerprint density at radius 3 is 2.24 bits per heavy atom. The Bertz CT molecular complexity index is 1490. The van der Waals surface area contributed by atoms with E-state index in [-0.39, 0.29) is 42.1 Å². The normalized spacial score (nSPS) is 15.5. The molecule has 0 radical (unpaired) electrons. The van der Waals surface area contributed by atoms with Gasteiger partial charge in [-0.25, -0.2) is 4.98 Å². The summed E-state index contributed by atoms with van der Waals surface area (Å²) < 4.78 is 81.5. The number of rotatable bonds is 9. The number of hydrogen-bond acceptors (Lipinski definition) is 7. The molecule has 220 valence electrons. The summed E-state index contributed by atoms with van der Waals surface area (Å²) in [6, 6.07) is 3.68. The number of aromatic amines is 1. The molecule has 9 nitrogen and oxygen atoms in total. The molecule has 0 saturated heterocycles. The van der Waals surface area contributed by atoms with Crippen LogP contribution in [0.3, 0.4) is 0 Å². The van der Waals surface area contributed by atoms with E-state index in [1.54, 1.807) is 6.20 Å². The maximum atomic E-state index is 13.6. The van der Waals surface area contributed by atoms with Crippen LogP contribution in [0.4, 0.5) is 32.3 Å². The van der Waals surface area contributed by atoms with Crippen molar-refractivity contribution in [3.8, 4) is 0 Å². The Morgan fingerprint density at radius 1 is 1.02 bits per heavy atom. The number of aryl methyl sites for hydroxylation is 1. The number of nitrogens with one attached hydrogen (secondary N) is 2. The molecule has 1 aliphatic rings. The second kappa shape index (κ2) is 10.6. The molecule has 4 aromatic rings. The summed E-state index contributed by atoms with van der Waals surface area (Å²) in [5.41, 5.74) is -1.12. The van der Waals surface area contributed by atoms with Gasteiger partial charge in [0.2, 0.25) is 0 Å². The summed E-state index contributed by atoms with van der Waals surface area (Å²) in [6.07, 6.45) is -5.56. The van der Waals surface area contributed by atoms with Crippen LogP contribution >= 0.6 is 0 Å². The van der Waals surface area contributed by atoms with Crippen molar-refractivity contribution >= 4 is 17.0 Å². The number of tetrazole rings is 1. The third-order valence-electron chi connectivity index (χ3n) is 7.33. The average molecular weight is 582 g/mol. The van der Waals surface area contributed by atoms with E-state index in [9.17, 15) is 26.3 Å². The maximum Gasteiger partial charge on any atom is 0.416 e. The van der Waals surface area contributed by atoms with Crippen molar-refractivity contribution < 1.29 is 26.3 Å². The quantitative estimate of drug-likeness (QED) is 0.264. The third kappa shape index (κ3) is 6.14. The Labute approximate surface area is 231 Å². The van der Waals surface area contributed by atoms with Crippen molar-refractivity contribution in [3.63, 3.8) is 0 Å². The lowest BCUT2D eigenvalue weighted by Gasteiger charge is -2.43. The fourth-order valence-electron chi connectivity index (χ4n) is 5.14. The van der Waals surface area contributed by atoms with Gasteiger partial charge in [0, 0.05) is 36.5 Å². The molecule has 0 amide bonds. The van der Waals surface area contributed by atoms with E-state index >= 15 is 0 Å². The minimum absolute atomic E-state index is 0.0553. The fourth-order valence-corrected chi connectivity index (χ4v) is 5.14. The predicted octanol–water partition coefficient (Wildman–Crippen LogP) is 5.15. The zero-order valence-electron chi connectivity index (χ0n) is 22.6. The number of H-pyrrole nitrogens is 1. The molecule has 0 spiro atoms. The maximum absolute atomic E-state index is 13.6. The first-order chi connectivity index (χ1) is 19.2. The van der Waals surface area contributed by atoms with Gasteiger partial charge < -0.3 is 10.2 Å². The van der Waals surface area contributed by atoms with Gasteiger partial charge in [-0.05, 0) is 53.4 Å². The highest BCUT2D eigenvalue weighted by molar-refractivity contribution is 5.75. The molecule has 3 heterocycles. The van der Waals surface area contributed by atoms with Crippen molar-refractivity contribution in [1.82, 2.24) is 40.7 Å². The lowest BCUT2D eigenvalue weighted by atomic mass is 9.65. The predicted molar refractivity (Wildman–Crippen MR) is 138 cm³/mol. The summed E-state index contributed by atoms with van der Waals surface area (Å²) in [7, 11) is 1.52. The second-order valence-corrected chi connectivity index (χ2v) is 10.8. The van der Waals surface area contributed by atoms with E-state index in [0.29, 0.717) is 12.2 Å². The van der Waals surface area contributed by atoms with Crippen LogP contribution in [0.25, 0.3) is 11.0 Å². The first kappa shape index (κ1) is 28.8. The Hall–Kier alpha value is -3.75. The molecule has 1 aliphatic carbocycles. The fraction of sp³-hybridized carbons (Fsp3) is 0.500. The van der Waals surface area contributed by atoms with Gasteiger partial charge in [-0.3, -0.25) is 5.10 Å². The summed E-state index contributed by atoms with van der Waals surface area (Å²) in [6.45, 7) is 4.49. The zero-order chi connectivity index (χ0) is 29.6. The van der Waals surface area contributed by atoms with Gasteiger partial charge >= 0.3 is 12.4 Å². The van der Waals surface area contributed by atoms with Gasteiger partial charge in [0.25, 0.3) is 5.95 Å².